The molecule has 1 aromatic heterocycles. The van der Waals surface area contributed by atoms with Gasteiger partial charge in [0.05, 0.1) is 26.1 Å². The van der Waals surface area contributed by atoms with Crippen LogP contribution in [0.25, 0.3) is 0 Å². The van der Waals surface area contributed by atoms with Crippen molar-refractivity contribution in [3.63, 3.8) is 0 Å². The highest BCUT2D eigenvalue weighted by Crippen LogP contribution is 2.27. The first-order valence-corrected chi connectivity index (χ1v) is 8.21. The third-order valence-corrected chi connectivity index (χ3v) is 3.33. The first-order chi connectivity index (χ1) is 12.3. The number of amides is 1. The smallest absolute Gasteiger partial charge is 0.412 e. The molecule has 0 atom stereocenters. The number of hydrogen-bond acceptors (Lipinski definition) is 6. The zero-order chi connectivity index (χ0) is 19.2. The van der Waals surface area contributed by atoms with Crippen LogP contribution >= 0.6 is 0 Å². The van der Waals surface area contributed by atoms with E-state index in [4.69, 9.17) is 14.2 Å². The van der Waals surface area contributed by atoms with Crippen LogP contribution in [-0.2, 0) is 11.3 Å². The number of ether oxygens (including phenoxy) is 3. The van der Waals surface area contributed by atoms with E-state index in [-0.39, 0.29) is 0 Å². The number of hydrogen-bond donors (Lipinski definition) is 2. The molecule has 1 heterocycles. The lowest BCUT2D eigenvalue weighted by Crippen LogP contribution is -2.27. The summed E-state index contributed by atoms with van der Waals surface area (Å²) in [5.74, 6) is 2.05. The van der Waals surface area contributed by atoms with Gasteiger partial charge in [-0.05, 0) is 50.6 Å². The summed E-state index contributed by atoms with van der Waals surface area (Å²) in [5.41, 5.74) is 1.05. The first kappa shape index (κ1) is 19.4. The van der Waals surface area contributed by atoms with Crippen molar-refractivity contribution in [3.8, 4) is 11.5 Å². The minimum Gasteiger partial charge on any atom is -0.493 e. The second-order valence-corrected chi connectivity index (χ2v) is 6.60. The summed E-state index contributed by atoms with van der Waals surface area (Å²) in [6, 6.07) is 9.26. The molecule has 0 radical (unpaired) electrons. The molecule has 1 amide bonds. The van der Waals surface area contributed by atoms with Crippen LogP contribution < -0.4 is 20.1 Å². The number of nitrogens with zero attached hydrogens (tertiary/aromatic N) is 1. The van der Waals surface area contributed by atoms with Gasteiger partial charge in [0.1, 0.15) is 11.4 Å². The summed E-state index contributed by atoms with van der Waals surface area (Å²) in [7, 11) is 3.21. The van der Waals surface area contributed by atoms with E-state index in [0.29, 0.717) is 29.5 Å². The molecular formula is C19H25N3O4. The lowest BCUT2D eigenvalue weighted by Gasteiger charge is -2.19. The van der Waals surface area contributed by atoms with E-state index in [2.05, 4.69) is 15.6 Å². The third kappa shape index (κ3) is 5.84. The van der Waals surface area contributed by atoms with E-state index in [9.17, 15) is 4.79 Å². The molecule has 2 rings (SSSR count). The fourth-order valence-electron chi connectivity index (χ4n) is 2.18. The van der Waals surface area contributed by atoms with Crippen LogP contribution in [0, 0.1) is 0 Å². The largest absolute Gasteiger partial charge is 0.493 e. The summed E-state index contributed by atoms with van der Waals surface area (Å²) in [6.45, 7) is 6.01. The van der Waals surface area contributed by atoms with Gasteiger partial charge < -0.3 is 19.5 Å². The Morgan fingerprint density at radius 3 is 2.38 bits per heavy atom. The van der Waals surface area contributed by atoms with Crippen molar-refractivity contribution in [3.05, 3.63) is 42.1 Å². The summed E-state index contributed by atoms with van der Waals surface area (Å²) in [6.07, 6.45) is 1.06. The highest BCUT2D eigenvalue weighted by atomic mass is 16.6. The Bertz CT molecular complexity index is 739. The van der Waals surface area contributed by atoms with Crippen molar-refractivity contribution in [1.82, 2.24) is 4.98 Å². The topological polar surface area (TPSA) is 81.7 Å². The summed E-state index contributed by atoms with van der Waals surface area (Å²) in [4.78, 5) is 16.0. The summed E-state index contributed by atoms with van der Waals surface area (Å²) < 4.78 is 15.7. The lowest BCUT2D eigenvalue weighted by molar-refractivity contribution is 0.0636. The van der Waals surface area contributed by atoms with Gasteiger partial charge in [0.2, 0.25) is 0 Å². The molecule has 0 fully saturated rings. The Labute approximate surface area is 153 Å². The standard InChI is InChI=1S/C19H25N3O4/c1-19(2,3)26-18(23)22-14-7-9-17(21-12-14)20-11-13-6-8-15(24-4)16(10-13)25-5/h6-10,12H,11H2,1-5H3,(H,20,21)(H,22,23). The van der Waals surface area contributed by atoms with Gasteiger partial charge in [0, 0.05) is 6.54 Å². The van der Waals surface area contributed by atoms with Crippen LogP contribution in [0.5, 0.6) is 11.5 Å². The Hall–Kier alpha value is -2.96. The average molecular weight is 359 g/mol. The molecule has 0 spiro atoms. The predicted molar refractivity (Wildman–Crippen MR) is 101 cm³/mol. The van der Waals surface area contributed by atoms with Gasteiger partial charge >= 0.3 is 6.09 Å². The molecule has 7 nitrogen and oxygen atoms in total. The van der Waals surface area contributed by atoms with Crippen molar-refractivity contribution in [2.75, 3.05) is 24.9 Å². The average Bonchev–Trinajstić information content (AvgIpc) is 2.59. The van der Waals surface area contributed by atoms with Crippen LogP contribution in [0.1, 0.15) is 26.3 Å². The molecule has 0 aliphatic rings. The SMILES string of the molecule is COc1ccc(CNc2ccc(NC(=O)OC(C)(C)C)cn2)cc1OC. The molecule has 1 aromatic carbocycles. The van der Waals surface area contributed by atoms with Gasteiger partial charge in [-0.1, -0.05) is 6.07 Å². The highest BCUT2D eigenvalue weighted by Gasteiger charge is 2.16. The van der Waals surface area contributed by atoms with Gasteiger partial charge in [0.15, 0.2) is 11.5 Å². The lowest BCUT2D eigenvalue weighted by atomic mass is 10.2. The zero-order valence-electron chi connectivity index (χ0n) is 15.8. The van der Waals surface area contributed by atoms with Crippen molar-refractivity contribution < 1.29 is 19.0 Å². The van der Waals surface area contributed by atoms with E-state index in [1.807, 2.05) is 39.0 Å². The third-order valence-electron chi connectivity index (χ3n) is 3.33. The number of benzene rings is 1. The molecule has 26 heavy (non-hydrogen) atoms. The number of pyridine rings is 1. The van der Waals surface area contributed by atoms with Crippen molar-refractivity contribution >= 4 is 17.6 Å². The van der Waals surface area contributed by atoms with Gasteiger partial charge in [-0.3, -0.25) is 5.32 Å². The second-order valence-electron chi connectivity index (χ2n) is 6.60. The van der Waals surface area contributed by atoms with Crippen LogP contribution in [0.4, 0.5) is 16.3 Å². The number of methoxy groups -OCH3 is 2. The molecule has 140 valence electrons. The fourth-order valence-corrected chi connectivity index (χ4v) is 2.18. The molecular weight excluding hydrogens is 334 g/mol. The number of anilines is 2. The van der Waals surface area contributed by atoms with E-state index in [1.165, 1.54) is 0 Å². The number of nitrogens with one attached hydrogen (secondary N) is 2. The Balaban J connectivity index is 1.92. The van der Waals surface area contributed by atoms with Crippen LogP contribution in [0.3, 0.4) is 0 Å². The molecule has 2 N–H and O–H groups in total. The monoisotopic (exact) mass is 359 g/mol. The molecule has 0 saturated carbocycles. The molecule has 0 aliphatic heterocycles. The van der Waals surface area contributed by atoms with Crippen LogP contribution in [0.15, 0.2) is 36.5 Å². The van der Waals surface area contributed by atoms with Crippen molar-refractivity contribution in [2.24, 2.45) is 0 Å². The molecule has 0 saturated heterocycles. The Morgan fingerprint density at radius 1 is 1.08 bits per heavy atom. The fraction of sp³-hybridized carbons (Fsp3) is 0.368. The summed E-state index contributed by atoms with van der Waals surface area (Å²) >= 11 is 0. The van der Waals surface area contributed by atoms with E-state index < -0.39 is 11.7 Å². The quantitative estimate of drug-likeness (QED) is 0.809. The van der Waals surface area contributed by atoms with Gasteiger partial charge in [0.25, 0.3) is 0 Å². The second kappa shape index (κ2) is 8.42. The normalized spacial score (nSPS) is 10.8. The maximum absolute atomic E-state index is 11.7. The van der Waals surface area contributed by atoms with E-state index in [1.54, 1.807) is 32.5 Å². The van der Waals surface area contributed by atoms with Gasteiger partial charge in [-0.25, -0.2) is 9.78 Å². The summed E-state index contributed by atoms with van der Waals surface area (Å²) in [5, 5.41) is 5.86. The molecule has 0 bridgehead atoms. The maximum atomic E-state index is 11.7. The minimum absolute atomic E-state index is 0.509. The van der Waals surface area contributed by atoms with E-state index in [0.717, 1.165) is 5.56 Å². The number of aromatic nitrogens is 1. The predicted octanol–water partition coefficient (Wildman–Crippen LogP) is 4.06. The number of rotatable bonds is 6. The Morgan fingerprint density at radius 2 is 1.81 bits per heavy atom. The zero-order valence-corrected chi connectivity index (χ0v) is 15.8. The van der Waals surface area contributed by atoms with Crippen LogP contribution in [-0.4, -0.2) is 30.9 Å². The molecule has 0 aliphatic carbocycles. The number of carbonyl (C=O) groups excluding carboxylic acids is 1. The van der Waals surface area contributed by atoms with Gasteiger partial charge in [-0.2, -0.15) is 0 Å². The van der Waals surface area contributed by atoms with Crippen molar-refractivity contribution in [2.45, 2.75) is 32.9 Å². The first-order valence-electron chi connectivity index (χ1n) is 8.21. The Kier molecular flexibility index (Phi) is 6.27. The molecule has 7 heteroatoms. The minimum atomic E-state index is -0.543. The van der Waals surface area contributed by atoms with Crippen LogP contribution in [0.2, 0.25) is 0 Å². The number of carbonyl (C=O) groups is 1. The highest BCUT2D eigenvalue weighted by molar-refractivity contribution is 5.84. The van der Waals surface area contributed by atoms with Gasteiger partial charge in [-0.15, -0.1) is 0 Å². The molecule has 0 unspecified atom stereocenters. The van der Waals surface area contributed by atoms with Crippen molar-refractivity contribution in [1.29, 1.82) is 0 Å². The van der Waals surface area contributed by atoms with E-state index >= 15 is 0 Å². The maximum Gasteiger partial charge on any atom is 0.412 e. The molecule has 2 aromatic rings.